The molecule has 0 spiro atoms. The second-order valence-corrected chi connectivity index (χ2v) is 18.0. The van der Waals surface area contributed by atoms with E-state index in [0.717, 1.165) is 49.3 Å². The number of nitrogens with two attached hydrogens (primary N) is 1. The highest BCUT2D eigenvalue weighted by molar-refractivity contribution is 7.47. The quantitative estimate of drug-likeness (QED) is 0.0245. The van der Waals surface area contributed by atoms with Crippen molar-refractivity contribution in [3.63, 3.8) is 0 Å². The molecule has 1 unspecified atom stereocenters. The van der Waals surface area contributed by atoms with Crippen molar-refractivity contribution in [3.05, 3.63) is 34.7 Å². The third kappa shape index (κ3) is 24.7. The smallest absolute Gasteiger partial charge is 0.462 e. The van der Waals surface area contributed by atoms with Crippen molar-refractivity contribution in [1.29, 1.82) is 0 Å². The molecule has 0 aliphatic carbocycles. The number of nitrogen functional groups attached to an aromatic ring is 1. The Balaban J connectivity index is 1.79. The maximum Gasteiger partial charge on any atom is 0.472 e. The van der Waals surface area contributed by atoms with E-state index in [1.807, 2.05) is 0 Å². The lowest BCUT2D eigenvalue weighted by Gasteiger charge is -2.21. The molecule has 0 radical (unpaired) electrons. The Bertz CT molecular complexity index is 1480. The molecule has 4 N–H and O–H groups in total. The lowest BCUT2D eigenvalue weighted by atomic mass is 10.0. The van der Waals surface area contributed by atoms with Gasteiger partial charge in [0.25, 0.3) is 0 Å². The molecule has 1 aromatic heterocycles. The van der Waals surface area contributed by atoms with E-state index in [-0.39, 0.29) is 25.0 Å². The van der Waals surface area contributed by atoms with Crippen LogP contribution in [0.4, 0.5) is 10.2 Å². The minimum Gasteiger partial charge on any atom is -0.462 e. The zero-order valence-electron chi connectivity index (χ0n) is 37.4. The number of carbonyl (C=O) groups excluding carboxylic acids is 2. The first-order chi connectivity index (χ1) is 29.4. The van der Waals surface area contributed by atoms with Crippen molar-refractivity contribution in [2.45, 2.75) is 218 Å². The average molecular weight is 888 g/mol. The fourth-order valence-corrected chi connectivity index (χ4v) is 8.05. The van der Waals surface area contributed by atoms with Gasteiger partial charge in [0.05, 0.1) is 19.4 Å². The number of aromatic nitrogens is 2. The number of hydrogen-bond donors (Lipinski definition) is 3. The lowest BCUT2D eigenvalue weighted by Crippen LogP contribution is -2.30. The zero-order valence-corrected chi connectivity index (χ0v) is 38.3. The first-order valence-electron chi connectivity index (χ1n) is 23.4. The van der Waals surface area contributed by atoms with Gasteiger partial charge in [-0.2, -0.15) is 4.98 Å². The van der Waals surface area contributed by atoms with E-state index in [9.17, 15) is 33.3 Å². The van der Waals surface area contributed by atoms with Gasteiger partial charge in [-0.3, -0.25) is 23.2 Å². The molecular weight excluding hydrogens is 808 g/mol. The molecule has 16 heteroatoms. The summed E-state index contributed by atoms with van der Waals surface area (Å²) in [6.45, 7) is 6.45. The second-order valence-electron chi connectivity index (χ2n) is 16.6. The van der Waals surface area contributed by atoms with Gasteiger partial charge in [0.2, 0.25) is 0 Å². The van der Waals surface area contributed by atoms with Crippen molar-refractivity contribution < 1.29 is 51.8 Å². The Morgan fingerprint density at radius 2 is 1.23 bits per heavy atom. The van der Waals surface area contributed by atoms with Gasteiger partial charge >= 0.3 is 25.5 Å². The van der Waals surface area contributed by atoms with Crippen LogP contribution in [0.5, 0.6) is 0 Å². The molecule has 0 saturated carbocycles. The van der Waals surface area contributed by atoms with Gasteiger partial charge < -0.3 is 29.9 Å². The molecule has 2 rings (SSSR count). The summed E-state index contributed by atoms with van der Waals surface area (Å²) in [5, 5.41) is 10.6. The van der Waals surface area contributed by atoms with E-state index in [4.69, 9.17) is 29.0 Å². The van der Waals surface area contributed by atoms with Gasteiger partial charge in [-0.15, -0.1) is 0 Å². The second kappa shape index (κ2) is 32.9. The zero-order chi connectivity index (χ0) is 44.7. The van der Waals surface area contributed by atoms with Crippen molar-refractivity contribution in [1.82, 2.24) is 9.55 Å². The number of esters is 2. The van der Waals surface area contributed by atoms with Crippen molar-refractivity contribution in [2.75, 3.05) is 25.6 Å². The number of nitrogens with zero attached hydrogens (tertiary/aromatic N) is 2. The van der Waals surface area contributed by atoms with Crippen LogP contribution in [0.2, 0.25) is 0 Å². The highest BCUT2D eigenvalue weighted by atomic mass is 31.2. The molecule has 1 saturated heterocycles. The molecule has 352 valence electrons. The first kappa shape index (κ1) is 54.5. The third-order valence-electron chi connectivity index (χ3n) is 11.1. The van der Waals surface area contributed by atoms with Crippen LogP contribution in [-0.2, 0) is 37.4 Å². The highest BCUT2D eigenvalue weighted by Crippen LogP contribution is 2.45. The molecule has 1 aliphatic rings. The summed E-state index contributed by atoms with van der Waals surface area (Å²) < 4.78 is 54.5. The van der Waals surface area contributed by atoms with Crippen LogP contribution in [0.3, 0.4) is 0 Å². The Kier molecular flexibility index (Phi) is 29.4. The van der Waals surface area contributed by atoms with Gasteiger partial charge in [0.1, 0.15) is 18.8 Å². The SMILES string of the molecule is C=C1[C@H](n2cc(F)c(N)nc2=O)O[C@H](COP(=O)(O)OC[C@@H](COC(=O)CCCCCCCCCCCCCCC)OC(=O)CCCCCCCCCCCCCCC)[C@H]1O. The number of aliphatic hydroxyl groups excluding tert-OH is 1. The number of aliphatic hydroxyl groups is 1. The molecule has 1 aromatic rings. The topological polar surface area (TPSA) is 199 Å². The summed E-state index contributed by atoms with van der Waals surface area (Å²) in [5.74, 6) is -2.63. The van der Waals surface area contributed by atoms with Crippen LogP contribution >= 0.6 is 7.82 Å². The van der Waals surface area contributed by atoms with E-state index >= 15 is 0 Å². The molecule has 5 atom stereocenters. The number of halogens is 1. The number of rotatable bonds is 38. The minimum atomic E-state index is -4.86. The number of phosphoric acid groups is 1. The summed E-state index contributed by atoms with van der Waals surface area (Å²) in [4.78, 5) is 51.6. The van der Waals surface area contributed by atoms with Crippen LogP contribution < -0.4 is 11.4 Å². The van der Waals surface area contributed by atoms with E-state index in [1.165, 1.54) is 116 Å². The fraction of sp³-hybridized carbons (Fsp3) is 0.822. The summed E-state index contributed by atoms with van der Waals surface area (Å²) in [7, 11) is -4.86. The van der Waals surface area contributed by atoms with Crippen LogP contribution in [0.1, 0.15) is 200 Å². The summed E-state index contributed by atoms with van der Waals surface area (Å²) in [6.07, 6.45) is 26.2. The van der Waals surface area contributed by atoms with Gasteiger partial charge in [0.15, 0.2) is 24.0 Å². The Morgan fingerprint density at radius 3 is 1.70 bits per heavy atom. The maximum absolute atomic E-state index is 14.0. The predicted molar refractivity (Wildman–Crippen MR) is 235 cm³/mol. The average Bonchev–Trinajstić information content (AvgIpc) is 3.51. The van der Waals surface area contributed by atoms with Crippen molar-refractivity contribution >= 4 is 25.6 Å². The van der Waals surface area contributed by atoms with E-state index in [1.54, 1.807) is 0 Å². The largest absolute Gasteiger partial charge is 0.472 e. The fourth-order valence-electron chi connectivity index (χ4n) is 7.29. The molecule has 0 aromatic carbocycles. The number of phosphoric ester groups is 1. The predicted octanol–water partition coefficient (Wildman–Crippen LogP) is 10.3. The van der Waals surface area contributed by atoms with Crippen molar-refractivity contribution in [3.8, 4) is 0 Å². The van der Waals surface area contributed by atoms with Gasteiger partial charge in [0, 0.05) is 18.4 Å². The Hall–Kier alpha value is -2.68. The van der Waals surface area contributed by atoms with Crippen LogP contribution in [-0.4, -0.2) is 69.6 Å². The Morgan fingerprint density at radius 1 is 0.787 bits per heavy atom. The molecule has 1 fully saturated rings. The summed E-state index contributed by atoms with van der Waals surface area (Å²) in [5.41, 5.74) is 4.34. The minimum absolute atomic E-state index is 0.0496. The molecular formula is C45H79FN3O11P. The van der Waals surface area contributed by atoms with Crippen LogP contribution in [0, 0.1) is 5.82 Å². The monoisotopic (exact) mass is 888 g/mol. The number of carbonyl (C=O) groups is 2. The number of hydrogen-bond acceptors (Lipinski definition) is 12. The molecule has 61 heavy (non-hydrogen) atoms. The van der Waals surface area contributed by atoms with E-state index in [2.05, 4.69) is 25.4 Å². The van der Waals surface area contributed by atoms with Gasteiger partial charge in [-0.05, 0) is 12.8 Å². The Labute approximate surface area is 364 Å². The van der Waals surface area contributed by atoms with Gasteiger partial charge in [-0.1, -0.05) is 175 Å². The van der Waals surface area contributed by atoms with Crippen LogP contribution in [0.15, 0.2) is 23.1 Å². The molecule has 1 aliphatic heterocycles. The molecule has 0 amide bonds. The summed E-state index contributed by atoms with van der Waals surface area (Å²) in [6, 6.07) is 0. The van der Waals surface area contributed by atoms with Crippen molar-refractivity contribution in [2.24, 2.45) is 0 Å². The maximum atomic E-state index is 14.0. The normalized spacial score (nSPS) is 18.0. The number of unbranched alkanes of at least 4 members (excludes halogenated alkanes) is 24. The van der Waals surface area contributed by atoms with E-state index in [0.29, 0.717) is 12.8 Å². The summed E-state index contributed by atoms with van der Waals surface area (Å²) >= 11 is 0. The standard InChI is InChI=1S/C45H79FN3O11P/c1-4-6-8-10-12-14-16-18-20-22-24-26-28-30-40(50)56-33-37(59-41(51)31-29-27-25-23-21-19-17-15-13-11-9-7-5-2)34-57-61(54,55)58-35-39-42(52)36(3)44(60-39)49-32-38(46)43(47)48-45(49)53/h32,37,39,42,44,52H,3-31,33-35H2,1-2H3,(H,54,55)(H2,47,48,53)/t37-,39-,42+,44-/m1/s1. The number of ether oxygens (including phenoxy) is 3. The molecule has 2 heterocycles. The van der Waals surface area contributed by atoms with Gasteiger partial charge in [-0.25, -0.2) is 13.8 Å². The van der Waals surface area contributed by atoms with Crippen LogP contribution in [0.25, 0.3) is 0 Å². The third-order valence-corrected chi connectivity index (χ3v) is 12.0. The lowest BCUT2D eigenvalue weighted by molar-refractivity contribution is -0.161. The molecule has 0 bridgehead atoms. The number of anilines is 1. The molecule has 14 nitrogen and oxygen atoms in total. The first-order valence-corrected chi connectivity index (χ1v) is 24.9. The van der Waals surface area contributed by atoms with E-state index < -0.39 is 74.8 Å². The highest BCUT2D eigenvalue weighted by Gasteiger charge is 2.41.